The highest BCUT2D eigenvalue weighted by Gasteiger charge is 2.26. The second-order valence-corrected chi connectivity index (χ2v) is 8.84. The number of piperazine rings is 1. The molecule has 2 heterocycles. The molecule has 8 nitrogen and oxygen atoms in total. The van der Waals surface area contributed by atoms with E-state index in [4.69, 9.17) is 4.74 Å². The first-order valence-corrected chi connectivity index (χ1v) is 12.2. The lowest BCUT2D eigenvalue weighted by molar-refractivity contribution is -0.139. The maximum absolute atomic E-state index is 12.6. The van der Waals surface area contributed by atoms with Crippen LogP contribution in [0.2, 0.25) is 0 Å². The number of methoxy groups -OCH3 is 1. The van der Waals surface area contributed by atoms with Crippen LogP contribution >= 0.6 is 0 Å². The number of hydrogen-bond donors (Lipinski definition) is 2. The zero-order valence-electron chi connectivity index (χ0n) is 20.6. The van der Waals surface area contributed by atoms with E-state index in [1.165, 1.54) is 5.56 Å². The normalized spacial score (nSPS) is 15.1. The first-order chi connectivity index (χ1) is 17.6. The third-order valence-corrected chi connectivity index (χ3v) is 6.44. The highest BCUT2D eigenvalue weighted by molar-refractivity contribution is 6.35. The number of benzene rings is 2. The molecule has 8 heteroatoms. The predicted molar refractivity (Wildman–Crippen MR) is 138 cm³/mol. The second-order valence-electron chi connectivity index (χ2n) is 8.84. The van der Waals surface area contributed by atoms with Crippen LogP contribution in [0.25, 0.3) is 0 Å². The van der Waals surface area contributed by atoms with E-state index in [9.17, 15) is 9.59 Å². The Morgan fingerprint density at radius 1 is 0.889 bits per heavy atom. The van der Waals surface area contributed by atoms with Crippen LogP contribution in [0.4, 0.5) is 0 Å². The molecule has 0 radical (unpaired) electrons. The van der Waals surface area contributed by atoms with Crippen LogP contribution in [0, 0.1) is 0 Å². The molecule has 188 valence electrons. The zero-order valence-corrected chi connectivity index (χ0v) is 20.6. The smallest absolute Gasteiger partial charge is 0.309 e. The van der Waals surface area contributed by atoms with Gasteiger partial charge in [-0.25, -0.2) is 0 Å². The van der Waals surface area contributed by atoms with E-state index in [-0.39, 0.29) is 12.6 Å². The van der Waals surface area contributed by atoms with Gasteiger partial charge in [0.2, 0.25) is 0 Å². The lowest BCUT2D eigenvalue weighted by Gasteiger charge is -2.39. The predicted octanol–water partition coefficient (Wildman–Crippen LogP) is 2.38. The van der Waals surface area contributed by atoms with Crippen LogP contribution in [-0.4, -0.2) is 66.4 Å². The van der Waals surface area contributed by atoms with Crippen molar-refractivity contribution in [1.29, 1.82) is 0 Å². The molecule has 0 aliphatic carbocycles. The van der Waals surface area contributed by atoms with Gasteiger partial charge in [0.1, 0.15) is 5.75 Å². The SMILES string of the molecule is COc1ccc(CNC(=O)C(=O)NCC(c2cccnc2)N2CCN(Cc3ccccc3)CC2)cc1. The number of carbonyl (C=O) groups is 2. The molecule has 1 unspecified atom stereocenters. The summed E-state index contributed by atoms with van der Waals surface area (Å²) in [7, 11) is 1.60. The number of ether oxygens (including phenoxy) is 1. The van der Waals surface area contributed by atoms with E-state index in [1.807, 2.05) is 48.7 Å². The van der Waals surface area contributed by atoms with Crippen molar-refractivity contribution in [1.82, 2.24) is 25.4 Å². The fourth-order valence-electron chi connectivity index (χ4n) is 4.38. The Kier molecular flexibility index (Phi) is 9.02. The van der Waals surface area contributed by atoms with Crippen molar-refractivity contribution in [3.05, 3.63) is 95.8 Å². The standard InChI is InChI=1S/C28H33N5O3/c1-36-25-11-9-22(10-12-25)18-30-27(34)28(35)31-20-26(24-8-5-13-29-19-24)33-16-14-32(15-17-33)21-23-6-3-2-4-7-23/h2-13,19,26H,14-18,20-21H2,1H3,(H,30,34)(H,31,35). The van der Waals surface area contributed by atoms with Gasteiger partial charge in [-0.05, 0) is 34.9 Å². The molecule has 2 N–H and O–H groups in total. The summed E-state index contributed by atoms with van der Waals surface area (Å²) in [5, 5.41) is 5.51. The van der Waals surface area contributed by atoms with Crippen molar-refractivity contribution < 1.29 is 14.3 Å². The average Bonchev–Trinajstić information content (AvgIpc) is 2.94. The minimum Gasteiger partial charge on any atom is -0.497 e. The summed E-state index contributed by atoms with van der Waals surface area (Å²) < 4.78 is 5.14. The molecule has 3 aromatic rings. The van der Waals surface area contributed by atoms with Crippen molar-refractivity contribution in [2.24, 2.45) is 0 Å². The Bertz CT molecular complexity index is 1100. The molecule has 1 aromatic heterocycles. The zero-order chi connectivity index (χ0) is 25.2. The Labute approximate surface area is 212 Å². The maximum atomic E-state index is 12.6. The molecule has 1 aliphatic rings. The molecule has 0 saturated carbocycles. The van der Waals surface area contributed by atoms with Gasteiger partial charge in [-0.3, -0.25) is 24.4 Å². The average molecular weight is 488 g/mol. The molecule has 1 fully saturated rings. The van der Waals surface area contributed by atoms with Crippen LogP contribution in [0.1, 0.15) is 22.7 Å². The van der Waals surface area contributed by atoms with Gasteiger partial charge in [0, 0.05) is 58.2 Å². The quantitative estimate of drug-likeness (QED) is 0.451. The molecular weight excluding hydrogens is 454 g/mol. The molecule has 4 rings (SSSR count). The van der Waals surface area contributed by atoms with Gasteiger partial charge in [0.15, 0.2) is 0 Å². The number of nitrogens with one attached hydrogen (secondary N) is 2. The van der Waals surface area contributed by atoms with Crippen LogP contribution in [-0.2, 0) is 22.7 Å². The summed E-state index contributed by atoms with van der Waals surface area (Å²) in [6.07, 6.45) is 3.57. The number of amides is 2. The molecule has 1 atom stereocenters. The van der Waals surface area contributed by atoms with Gasteiger partial charge < -0.3 is 15.4 Å². The molecular formula is C28H33N5O3. The Morgan fingerprint density at radius 2 is 1.61 bits per heavy atom. The molecule has 2 amide bonds. The molecule has 36 heavy (non-hydrogen) atoms. The van der Waals surface area contributed by atoms with Crippen LogP contribution in [0.3, 0.4) is 0 Å². The fourth-order valence-corrected chi connectivity index (χ4v) is 4.38. The van der Waals surface area contributed by atoms with E-state index in [2.05, 4.69) is 49.7 Å². The van der Waals surface area contributed by atoms with Gasteiger partial charge in [-0.15, -0.1) is 0 Å². The van der Waals surface area contributed by atoms with Crippen molar-refractivity contribution in [2.75, 3.05) is 39.8 Å². The van der Waals surface area contributed by atoms with E-state index in [1.54, 1.807) is 13.3 Å². The molecule has 0 bridgehead atoms. The number of hydrogen-bond acceptors (Lipinski definition) is 6. The largest absolute Gasteiger partial charge is 0.497 e. The maximum Gasteiger partial charge on any atom is 0.309 e. The van der Waals surface area contributed by atoms with Crippen molar-refractivity contribution in [2.45, 2.75) is 19.1 Å². The van der Waals surface area contributed by atoms with Crippen LogP contribution < -0.4 is 15.4 Å². The molecule has 1 saturated heterocycles. The highest BCUT2D eigenvalue weighted by Crippen LogP contribution is 2.22. The van der Waals surface area contributed by atoms with Crippen LogP contribution in [0.5, 0.6) is 5.75 Å². The molecule has 2 aromatic carbocycles. The van der Waals surface area contributed by atoms with Gasteiger partial charge in [0.05, 0.1) is 13.2 Å². The fraction of sp³-hybridized carbons (Fsp3) is 0.321. The van der Waals surface area contributed by atoms with Gasteiger partial charge >= 0.3 is 11.8 Å². The van der Waals surface area contributed by atoms with Crippen molar-refractivity contribution in [3.63, 3.8) is 0 Å². The monoisotopic (exact) mass is 487 g/mol. The third-order valence-electron chi connectivity index (χ3n) is 6.44. The Hall–Kier alpha value is -3.75. The summed E-state index contributed by atoms with van der Waals surface area (Å²) in [4.78, 5) is 34.0. The van der Waals surface area contributed by atoms with E-state index < -0.39 is 11.8 Å². The summed E-state index contributed by atoms with van der Waals surface area (Å²) >= 11 is 0. The first kappa shape index (κ1) is 25.3. The van der Waals surface area contributed by atoms with Crippen LogP contribution in [0.15, 0.2) is 79.1 Å². The van der Waals surface area contributed by atoms with Crippen molar-refractivity contribution in [3.8, 4) is 5.75 Å². The number of pyridine rings is 1. The number of aromatic nitrogens is 1. The van der Waals surface area contributed by atoms with Gasteiger partial charge in [-0.2, -0.15) is 0 Å². The van der Waals surface area contributed by atoms with Crippen molar-refractivity contribution >= 4 is 11.8 Å². The number of rotatable bonds is 9. The highest BCUT2D eigenvalue weighted by atomic mass is 16.5. The molecule has 0 spiro atoms. The molecule has 1 aliphatic heterocycles. The summed E-state index contributed by atoms with van der Waals surface area (Å²) in [6.45, 7) is 5.13. The minimum absolute atomic E-state index is 0.0593. The minimum atomic E-state index is -0.650. The first-order valence-electron chi connectivity index (χ1n) is 12.2. The number of carbonyl (C=O) groups excluding carboxylic acids is 2. The lowest BCUT2D eigenvalue weighted by atomic mass is 10.1. The topological polar surface area (TPSA) is 86.8 Å². The lowest BCUT2D eigenvalue weighted by Crippen LogP contribution is -2.50. The van der Waals surface area contributed by atoms with Gasteiger partial charge in [-0.1, -0.05) is 48.5 Å². The second kappa shape index (κ2) is 12.8. The van der Waals surface area contributed by atoms with E-state index in [0.29, 0.717) is 6.54 Å². The Balaban J connectivity index is 1.30. The van der Waals surface area contributed by atoms with E-state index >= 15 is 0 Å². The number of nitrogens with zero attached hydrogens (tertiary/aromatic N) is 3. The van der Waals surface area contributed by atoms with E-state index in [0.717, 1.165) is 49.6 Å². The summed E-state index contributed by atoms with van der Waals surface area (Å²) in [6, 6.07) is 21.7. The Morgan fingerprint density at radius 3 is 2.28 bits per heavy atom. The third kappa shape index (κ3) is 7.13. The van der Waals surface area contributed by atoms with Gasteiger partial charge in [0.25, 0.3) is 0 Å². The summed E-state index contributed by atoms with van der Waals surface area (Å²) in [5.41, 5.74) is 3.22. The summed E-state index contributed by atoms with van der Waals surface area (Å²) in [5.74, 6) is -0.547.